The molecule has 1 saturated heterocycles. The average molecular weight is 312 g/mol. The van der Waals surface area contributed by atoms with Gasteiger partial charge in [0.15, 0.2) is 0 Å². The number of aromatic nitrogens is 1. The molecule has 0 spiro atoms. The summed E-state index contributed by atoms with van der Waals surface area (Å²) in [6, 6.07) is 3.95. The van der Waals surface area contributed by atoms with Gasteiger partial charge in [0.05, 0.1) is 23.4 Å². The molecular weight excluding hydrogens is 286 g/mol. The predicted octanol–water partition coefficient (Wildman–Crippen LogP) is 3.24. The third kappa shape index (κ3) is 4.83. The second kappa shape index (κ2) is 6.95. The summed E-state index contributed by atoms with van der Waals surface area (Å²) in [5.41, 5.74) is 0.955. The molecule has 118 valence electrons. The van der Waals surface area contributed by atoms with Crippen molar-refractivity contribution in [3.63, 3.8) is 0 Å². The maximum Gasteiger partial charge on any atom is 0.129 e. The Labute approximate surface area is 132 Å². The highest BCUT2D eigenvalue weighted by molar-refractivity contribution is 6.31. The van der Waals surface area contributed by atoms with Crippen molar-refractivity contribution in [1.29, 1.82) is 0 Å². The number of pyridine rings is 1. The normalized spacial score (nSPS) is 19.9. The van der Waals surface area contributed by atoms with E-state index in [1.165, 1.54) is 0 Å². The molecular formula is C16H26ClN3O. The number of anilines is 1. The maximum atomic E-state index is 6.27. The number of rotatable bonds is 4. The first kappa shape index (κ1) is 16.5. The number of nitrogens with one attached hydrogen (secondary N) is 1. The highest BCUT2D eigenvalue weighted by Gasteiger charge is 2.21. The first-order chi connectivity index (χ1) is 9.89. The molecule has 1 atom stereocenters. The van der Waals surface area contributed by atoms with Gasteiger partial charge in [-0.2, -0.15) is 0 Å². The zero-order valence-corrected chi connectivity index (χ0v) is 14.2. The zero-order chi connectivity index (χ0) is 15.5. The van der Waals surface area contributed by atoms with E-state index in [0.29, 0.717) is 12.6 Å². The molecule has 1 fully saturated rings. The number of halogens is 1. The van der Waals surface area contributed by atoms with Crippen molar-refractivity contribution in [2.24, 2.45) is 0 Å². The van der Waals surface area contributed by atoms with Gasteiger partial charge in [0.1, 0.15) is 5.82 Å². The van der Waals surface area contributed by atoms with Gasteiger partial charge in [0.2, 0.25) is 0 Å². The first-order valence-electron chi connectivity index (χ1n) is 7.66. The van der Waals surface area contributed by atoms with E-state index in [9.17, 15) is 0 Å². The van der Waals surface area contributed by atoms with Gasteiger partial charge >= 0.3 is 0 Å². The summed E-state index contributed by atoms with van der Waals surface area (Å²) < 4.78 is 5.72. The van der Waals surface area contributed by atoms with E-state index in [1.807, 2.05) is 12.1 Å². The SMILES string of the molecule is CCC1CN(c2ccc(Cl)c(CNC(C)(C)C)n2)CCO1. The number of hydrogen-bond donors (Lipinski definition) is 1. The molecule has 0 aromatic carbocycles. The summed E-state index contributed by atoms with van der Waals surface area (Å²) >= 11 is 6.27. The van der Waals surface area contributed by atoms with Crippen LogP contribution >= 0.6 is 11.6 Å². The number of morpholine rings is 1. The van der Waals surface area contributed by atoms with Gasteiger partial charge in [-0.15, -0.1) is 0 Å². The van der Waals surface area contributed by atoms with Gasteiger partial charge in [-0.05, 0) is 39.3 Å². The van der Waals surface area contributed by atoms with Crippen LogP contribution < -0.4 is 10.2 Å². The Morgan fingerprint density at radius 1 is 1.43 bits per heavy atom. The molecule has 1 unspecified atom stereocenters. The summed E-state index contributed by atoms with van der Waals surface area (Å²) in [5, 5.41) is 4.16. The highest BCUT2D eigenvalue weighted by Crippen LogP contribution is 2.22. The largest absolute Gasteiger partial charge is 0.375 e. The van der Waals surface area contributed by atoms with E-state index in [1.54, 1.807) is 0 Å². The minimum absolute atomic E-state index is 0.0489. The van der Waals surface area contributed by atoms with Gasteiger partial charge < -0.3 is 15.0 Å². The Balaban J connectivity index is 2.10. The smallest absolute Gasteiger partial charge is 0.129 e. The van der Waals surface area contributed by atoms with Crippen LogP contribution in [0.4, 0.5) is 5.82 Å². The number of ether oxygens (including phenoxy) is 1. The summed E-state index contributed by atoms with van der Waals surface area (Å²) in [7, 11) is 0. The Morgan fingerprint density at radius 3 is 2.86 bits per heavy atom. The molecule has 21 heavy (non-hydrogen) atoms. The number of hydrogen-bond acceptors (Lipinski definition) is 4. The molecule has 1 N–H and O–H groups in total. The molecule has 1 aliphatic heterocycles. The van der Waals surface area contributed by atoms with E-state index in [4.69, 9.17) is 21.3 Å². The van der Waals surface area contributed by atoms with Crippen molar-refractivity contribution in [2.75, 3.05) is 24.6 Å². The van der Waals surface area contributed by atoms with Crippen molar-refractivity contribution in [1.82, 2.24) is 10.3 Å². The van der Waals surface area contributed by atoms with E-state index >= 15 is 0 Å². The van der Waals surface area contributed by atoms with E-state index in [0.717, 1.165) is 42.7 Å². The Morgan fingerprint density at radius 2 is 2.19 bits per heavy atom. The van der Waals surface area contributed by atoms with Crippen molar-refractivity contribution in [3.05, 3.63) is 22.8 Å². The van der Waals surface area contributed by atoms with Crippen LogP contribution in [0.1, 0.15) is 39.8 Å². The van der Waals surface area contributed by atoms with Crippen LogP contribution in [0.15, 0.2) is 12.1 Å². The summed E-state index contributed by atoms with van der Waals surface area (Å²) in [4.78, 5) is 7.03. The highest BCUT2D eigenvalue weighted by atomic mass is 35.5. The molecule has 5 heteroatoms. The fourth-order valence-corrected chi connectivity index (χ4v) is 2.47. The standard InChI is InChI=1S/C16H26ClN3O/c1-5-12-11-20(8-9-21-12)15-7-6-13(17)14(19-15)10-18-16(2,3)4/h6-7,12,18H,5,8-11H2,1-4H3. The molecule has 1 aliphatic rings. The summed E-state index contributed by atoms with van der Waals surface area (Å²) in [5.74, 6) is 0.992. The second-order valence-electron chi connectivity index (χ2n) is 6.55. The van der Waals surface area contributed by atoms with Crippen LogP contribution in [0.2, 0.25) is 5.02 Å². The van der Waals surface area contributed by atoms with Gasteiger partial charge in [0, 0.05) is 25.2 Å². The zero-order valence-electron chi connectivity index (χ0n) is 13.4. The molecule has 1 aromatic rings. The third-order valence-electron chi connectivity index (χ3n) is 3.61. The van der Waals surface area contributed by atoms with Crippen LogP contribution in [0.25, 0.3) is 0 Å². The van der Waals surface area contributed by atoms with Crippen LogP contribution in [-0.2, 0) is 11.3 Å². The van der Waals surface area contributed by atoms with Crippen molar-refractivity contribution in [3.8, 4) is 0 Å². The minimum atomic E-state index is 0.0489. The van der Waals surface area contributed by atoms with Crippen LogP contribution in [0.5, 0.6) is 0 Å². The molecule has 2 heterocycles. The lowest BCUT2D eigenvalue weighted by Gasteiger charge is -2.33. The third-order valence-corrected chi connectivity index (χ3v) is 3.95. The molecule has 0 bridgehead atoms. The van der Waals surface area contributed by atoms with E-state index in [2.05, 4.69) is 37.9 Å². The summed E-state index contributed by atoms with van der Waals surface area (Å²) in [6.45, 7) is 11.8. The predicted molar refractivity (Wildman–Crippen MR) is 88.1 cm³/mol. The van der Waals surface area contributed by atoms with E-state index in [-0.39, 0.29) is 5.54 Å². The quantitative estimate of drug-likeness (QED) is 0.926. The summed E-state index contributed by atoms with van der Waals surface area (Å²) in [6.07, 6.45) is 1.33. The molecule has 0 amide bonds. The molecule has 0 saturated carbocycles. The topological polar surface area (TPSA) is 37.4 Å². The van der Waals surface area contributed by atoms with Gasteiger partial charge in [-0.3, -0.25) is 0 Å². The monoisotopic (exact) mass is 311 g/mol. The maximum absolute atomic E-state index is 6.27. The Hall–Kier alpha value is -0.840. The Kier molecular flexibility index (Phi) is 5.47. The number of nitrogens with zero attached hydrogens (tertiary/aromatic N) is 2. The van der Waals surface area contributed by atoms with Crippen molar-refractivity contribution < 1.29 is 4.74 Å². The lowest BCUT2D eigenvalue weighted by atomic mass is 10.1. The first-order valence-corrected chi connectivity index (χ1v) is 8.04. The van der Waals surface area contributed by atoms with Crippen molar-refractivity contribution >= 4 is 17.4 Å². The van der Waals surface area contributed by atoms with Crippen LogP contribution in [0.3, 0.4) is 0 Å². The molecule has 0 radical (unpaired) electrons. The molecule has 1 aromatic heterocycles. The van der Waals surface area contributed by atoms with E-state index < -0.39 is 0 Å². The second-order valence-corrected chi connectivity index (χ2v) is 6.96. The van der Waals surface area contributed by atoms with Crippen molar-refractivity contribution in [2.45, 2.75) is 52.3 Å². The average Bonchev–Trinajstić information content (AvgIpc) is 2.45. The van der Waals surface area contributed by atoms with Crippen LogP contribution in [-0.4, -0.2) is 36.3 Å². The lowest BCUT2D eigenvalue weighted by Crippen LogP contribution is -2.42. The molecule has 4 nitrogen and oxygen atoms in total. The van der Waals surface area contributed by atoms with Crippen LogP contribution in [0, 0.1) is 0 Å². The Bertz CT molecular complexity index is 473. The van der Waals surface area contributed by atoms with Gasteiger partial charge in [0.25, 0.3) is 0 Å². The molecule has 0 aliphatic carbocycles. The minimum Gasteiger partial charge on any atom is -0.375 e. The van der Waals surface area contributed by atoms with Gasteiger partial charge in [-0.1, -0.05) is 18.5 Å². The fourth-order valence-electron chi connectivity index (χ4n) is 2.30. The van der Waals surface area contributed by atoms with Gasteiger partial charge in [-0.25, -0.2) is 4.98 Å². The lowest BCUT2D eigenvalue weighted by molar-refractivity contribution is 0.0381. The fraction of sp³-hybridized carbons (Fsp3) is 0.688. The molecule has 2 rings (SSSR count).